The first-order valence-corrected chi connectivity index (χ1v) is 10.5. The van der Waals surface area contributed by atoms with Crippen LogP contribution in [0.4, 0.5) is 5.95 Å². The largest absolute Gasteiger partial charge is 0.291 e. The molecular formula is C24H24N4O2. The molecule has 6 heteroatoms. The second-order valence-corrected chi connectivity index (χ2v) is 8.26. The molecule has 0 unspecified atom stereocenters. The van der Waals surface area contributed by atoms with E-state index in [4.69, 9.17) is 4.98 Å². The van der Waals surface area contributed by atoms with Crippen LogP contribution in [0.2, 0.25) is 0 Å². The van der Waals surface area contributed by atoms with Crippen molar-refractivity contribution in [2.75, 3.05) is 5.43 Å². The minimum Gasteiger partial charge on any atom is -0.291 e. The van der Waals surface area contributed by atoms with Crippen LogP contribution in [0, 0.1) is 0 Å². The fourth-order valence-electron chi connectivity index (χ4n) is 5.01. The molecule has 1 spiro atoms. The Labute approximate surface area is 174 Å². The van der Waals surface area contributed by atoms with Crippen molar-refractivity contribution in [1.29, 1.82) is 0 Å². The van der Waals surface area contributed by atoms with Gasteiger partial charge in [0.05, 0.1) is 11.3 Å². The number of fused-ring (bicyclic) bond motifs is 4. The van der Waals surface area contributed by atoms with E-state index in [1.165, 1.54) is 12.0 Å². The van der Waals surface area contributed by atoms with Gasteiger partial charge < -0.3 is 0 Å². The van der Waals surface area contributed by atoms with Crippen molar-refractivity contribution in [3.63, 3.8) is 0 Å². The highest BCUT2D eigenvalue weighted by molar-refractivity contribution is 5.94. The average Bonchev–Trinajstić information content (AvgIpc) is 2.78. The first-order chi connectivity index (χ1) is 14.7. The summed E-state index contributed by atoms with van der Waals surface area (Å²) in [6.45, 7) is 0. The smallest absolute Gasteiger partial charge is 0.269 e. The van der Waals surface area contributed by atoms with E-state index in [2.05, 4.69) is 21.9 Å². The number of hydrogen-bond acceptors (Lipinski definition) is 4. The molecule has 3 aromatic rings. The number of carbonyl (C=O) groups excluding carboxylic acids is 1. The highest BCUT2D eigenvalue weighted by atomic mass is 16.2. The molecule has 1 amide bonds. The lowest BCUT2D eigenvalue weighted by atomic mass is 9.62. The molecule has 30 heavy (non-hydrogen) atoms. The van der Waals surface area contributed by atoms with E-state index < -0.39 is 0 Å². The summed E-state index contributed by atoms with van der Waals surface area (Å²) in [5.41, 5.74) is 9.46. The molecule has 5 rings (SSSR count). The van der Waals surface area contributed by atoms with Crippen LogP contribution < -0.4 is 16.4 Å². The number of amides is 1. The lowest BCUT2D eigenvalue weighted by Crippen LogP contribution is -2.41. The van der Waals surface area contributed by atoms with E-state index in [1.54, 1.807) is 24.3 Å². The number of aromatic nitrogens is 2. The number of aromatic amines is 1. The Morgan fingerprint density at radius 1 is 0.967 bits per heavy atom. The Morgan fingerprint density at radius 3 is 2.50 bits per heavy atom. The fraction of sp³-hybridized carbons (Fsp3) is 0.292. The molecule has 0 bridgehead atoms. The third-order valence-electron chi connectivity index (χ3n) is 6.39. The van der Waals surface area contributed by atoms with Crippen molar-refractivity contribution in [2.24, 2.45) is 0 Å². The van der Waals surface area contributed by atoms with Crippen molar-refractivity contribution < 1.29 is 4.79 Å². The standard InChI is InChI=1S/C24H24N4O2/c29-21(16-9-3-1-4-10-16)27-28-23-25-20-18-12-6-5-11-17(18)15-24(13-7-2-8-14-24)19(20)22(30)26-23/h1,3-6,9-12H,2,7-8,13-15H2,(H,27,29)(H2,25,26,28,30). The number of hydrazine groups is 1. The molecule has 3 N–H and O–H groups in total. The molecule has 2 aliphatic carbocycles. The number of nitrogens with one attached hydrogen (secondary N) is 3. The molecule has 0 radical (unpaired) electrons. The minimum absolute atomic E-state index is 0.118. The first-order valence-electron chi connectivity index (χ1n) is 10.5. The number of hydrogen-bond donors (Lipinski definition) is 3. The highest BCUT2D eigenvalue weighted by Crippen LogP contribution is 2.48. The summed E-state index contributed by atoms with van der Waals surface area (Å²) in [5.74, 6) is -0.0502. The summed E-state index contributed by atoms with van der Waals surface area (Å²) in [4.78, 5) is 33.2. The number of anilines is 1. The molecule has 1 heterocycles. The van der Waals surface area contributed by atoms with Crippen LogP contribution in [0.3, 0.4) is 0 Å². The molecule has 0 saturated heterocycles. The van der Waals surface area contributed by atoms with Crippen LogP contribution in [-0.2, 0) is 11.8 Å². The second kappa shape index (κ2) is 7.44. The van der Waals surface area contributed by atoms with Crippen molar-refractivity contribution in [3.8, 4) is 11.3 Å². The molecule has 2 aliphatic rings. The molecule has 1 aromatic heterocycles. The van der Waals surface area contributed by atoms with Crippen molar-refractivity contribution in [3.05, 3.63) is 81.6 Å². The molecule has 6 nitrogen and oxygen atoms in total. The Morgan fingerprint density at radius 2 is 1.70 bits per heavy atom. The van der Waals surface area contributed by atoms with Gasteiger partial charge in [-0.2, -0.15) is 0 Å². The quantitative estimate of drug-likeness (QED) is 0.581. The summed E-state index contributed by atoms with van der Waals surface area (Å²) in [5, 5.41) is 0. The van der Waals surface area contributed by atoms with Crippen LogP contribution in [0.1, 0.15) is 53.6 Å². The van der Waals surface area contributed by atoms with Crippen LogP contribution in [0.15, 0.2) is 59.4 Å². The fourth-order valence-corrected chi connectivity index (χ4v) is 5.01. The number of H-pyrrole nitrogens is 1. The summed E-state index contributed by atoms with van der Waals surface area (Å²) >= 11 is 0. The van der Waals surface area contributed by atoms with Crippen molar-refractivity contribution in [1.82, 2.24) is 15.4 Å². The molecule has 1 saturated carbocycles. The van der Waals surface area contributed by atoms with Crippen LogP contribution >= 0.6 is 0 Å². The Balaban J connectivity index is 1.52. The Hall–Kier alpha value is -3.41. The molecule has 152 valence electrons. The predicted octanol–water partition coefficient (Wildman–Crippen LogP) is 3.95. The molecule has 1 fully saturated rings. The summed E-state index contributed by atoms with van der Waals surface area (Å²) in [7, 11) is 0. The Kier molecular flexibility index (Phi) is 4.62. The lowest BCUT2D eigenvalue weighted by molar-refractivity contribution is 0.0962. The van der Waals surface area contributed by atoms with E-state index in [1.807, 2.05) is 24.3 Å². The van der Waals surface area contributed by atoms with Crippen molar-refractivity contribution >= 4 is 11.9 Å². The lowest BCUT2D eigenvalue weighted by Gasteiger charge is -2.41. The van der Waals surface area contributed by atoms with E-state index in [9.17, 15) is 9.59 Å². The van der Waals surface area contributed by atoms with Crippen LogP contribution in [0.25, 0.3) is 11.3 Å². The maximum absolute atomic E-state index is 13.2. The van der Waals surface area contributed by atoms with Gasteiger partial charge in [-0.15, -0.1) is 0 Å². The van der Waals surface area contributed by atoms with Gasteiger partial charge in [0.15, 0.2) is 0 Å². The zero-order valence-corrected chi connectivity index (χ0v) is 16.7. The maximum Gasteiger partial charge on any atom is 0.269 e. The van der Waals surface area contributed by atoms with Gasteiger partial charge in [-0.25, -0.2) is 4.98 Å². The second-order valence-electron chi connectivity index (χ2n) is 8.26. The van der Waals surface area contributed by atoms with Gasteiger partial charge in [0, 0.05) is 16.5 Å². The van der Waals surface area contributed by atoms with E-state index in [-0.39, 0.29) is 22.8 Å². The number of rotatable bonds is 3. The van der Waals surface area contributed by atoms with Gasteiger partial charge in [0.2, 0.25) is 5.95 Å². The van der Waals surface area contributed by atoms with Gasteiger partial charge in [0.25, 0.3) is 11.5 Å². The molecule has 2 aromatic carbocycles. The normalized spacial score (nSPS) is 16.4. The SMILES string of the molecule is O=C(NNc1nc2c(c(=O)[nH]1)C1(CCCCC1)Cc1ccccc1-2)c1ccccc1. The number of benzene rings is 2. The molecule has 0 aliphatic heterocycles. The number of carbonyl (C=O) groups is 1. The van der Waals surface area contributed by atoms with E-state index in [0.29, 0.717) is 5.56 Å². The maximum atomic E-state index is 13.2. The zero-order valence-electron chi connectivity index (χ0n) is 16.7. The average molecular weight is 400 g/mol. The summed E-state index contributed by atoms with van der Waals surface area (Å²) in [6.07, 6.45) is 6.39. The summed E-state index contributed by atoms with van der Waals surface area (Å²) in [6, 6.07) is 17.1. The number of nitrogens with zero attached hydrogens (tertiary/aromatic N) is 1. The highest BCUT2D eigenvalue weighted by Gasteiger charge is 2.42. The molecule has 0 atom stereocenters. The summed E-state index contributed by atoms with van der Waals surface area (Å²) < 4.78 is 0. The monoisotopic (exact) mass is 400 g/mol. The third-order valence-corrected chi connectivity index (χ3v) is 6.39. The topological polar surface area (TPSA) is 86.9 Å². The van der Waals surface area contributed by atoms with Gasteiger partial charge >= 0.3 is 0 Å². The zero-order chi connectivity index (χ0) is 20.6. The van der Waals surface area contributed by atoms with Crippen molar-refractivity contribution in [2.45, 2.75) is 43.9 Å². The van der Waals surface area contributed by atoms with E-state index in [0.717, 1.165) is 48.9 Å². The van der Waals surface area contributed by atoms with Gasteiger partial charge in [-0.1, -0.05) is 61.7 Å². The van der Waals surface area contributed by atoms with E-state index >= 15 is 0 Å². The van der Waals surface area contributed by atoms with Gasteiger partial charge in [-0.05, 0) is 37.0 Å². The molecular weight excluding hydrogens is 376 g/mol. The Bertz CT molecular complexity index is 1150. The predicted molar refractivity (Wildman–Crippen MR) is 116 cm³/mol. The first kappa shape index (κ1) is 18.6. The van der Waals surface area contributed by atoms with Gasteiger partial charge in [0.1, 0.15) is 0 Å². The van der Waals surface area contributed by atoms with Gasteiger partial charge in [-0.3, -0.25) is 25.4 Å². The minimum atomic E-state index is -0.292. The van der Waals surface area contributed by atoms with Crippen LogP contribution in [0.5, 0.6) is 0 Å². The van der Waals surface area contributed by atoms with Crippen LogP contribution in [-0.4, -0.2) is 15.9 Å². The third kappa shape index (κ3) is 3.18.